The van der Waals surface area contributed by atoms with E-state index in [1.54, 1.807) is 0 Å². The summed E-state index contributed by atoms with van der Waals surface area (Å²) in [5, 5.41) is 7.90. The van der Waals surface area contributed by atoms with Crippen LogP contribution < -0.4 is 5.14 Å². The topological polar surface area (TPSA) is 78.0 Å². The van der Waals surface area contributed by atoms with Gasteiger partial charge in [0.1, 0.15) is 17.3 Å². The van der Waals surface area contributed by atoms with E-state index in [0.717, 1.165) is 0 Å². The third-order valence-electron chi connectivity index (χ3n) is 4.09. The Bertz CT molecular complexity index is 929. The highest BCUT2D eigenvalue weighted by Crippen LogP contribution is 2.42. The molecule has 1 aliphatic rings. The minimum absolute atomic E-state index is 0.0687. The monoisotopic (exact) mass is 381 g/mol. The Morgan fingerprint density at radius 3 is 2.08 bits per heavy atom. The number of nitrogens with two attached hydrogens (primary N) is 1. The van der Waals surface area contributed by atoms with E-state index in [2.05, 4.69) is 5.10 Å². The van der Waals surface area contributed by atoms with Crippen molar-refractivity contribution in [2.75, 3.05) is 0 Å². The summed E-state index contributed by atoms with van der Waals surface area (Å²) in [4.78, 5) is -1.42. The smallest absolute Gasteiger partial charge is 0.224 e. The Kier molecular flexibility index (Phi) is 4.11. The Morgan fingerprint density at radius 2 is 1.60 bits per heavy atom. The van der Waals surface area contributed by atoms with Crippen LogP contribution in [0.1, 0.15) is 25.7 Å². The fraction of sp³-hybridized carbons (Fsp3) is 0.357. The maximum Gasteiger partial charge on any atom is 0.269 e. The summed E-state index contributed by atoms with van der Waals surface area (Å²) >= 11 is 0. The van der Waals surface area contributed by atoms with Gasteiger partial charge in [0.2, 0.25) is 21.6 Å². The Morgan fingerprint density at radius 1 is 1.08 bits per heavy atom. The molecule has 1 fully saturated rings. The number of benzene rings is 1. The first-order valence-electron chi connectivity index (χ1n) is 7.20. The van der Waals surface area contributed by atoms with E-state index >= 15 is 0 Å². The Balaban J connectivity index is 2.25. The molecule has 5 nitrogen and oxygen atoms in total. The minimum atomic E-state index is -4.72. The van der Waals surface area contributed by atoms with Gasteiger partial charge in [0.25, 0.3) is 5.95 Å². The number of primary sulfonamides is 1. The van der Waals surface area contributed by atoms with Crippen molar-refractivity contribution in [1.82, 2.24) is 9.78 Å². The average Bonchev–Trinajstić information content (AvgIpc) is 3.03. The van der Waals surface area contributed by atoms with Gasteiger partial charge in [-0.25, -0.2) is 31.4 Å². The minimum Gasteiger partial charge on any atom is -0.224 e. The van der Waals surface area contributed by atoms with Gasteiger partial charge < -0.3 is 0 Å². The molecule has 0 atom stereocenters. The number of sulfonamides is 1. The largest absolute Gasteiger partial charge is 0.269 e. The summed E-state index contributed by atoms with van der Waals surface area (Å²) in [6.45, 7) is 0. The molecule has 1 saturated carbocycles. The zero-order chi connectivity index (χ0) is 18.6. The predicted molar refractivity (Wildman–Crippen MR) is 76.4 cm³/mol. The van der Waals surface area contributed by atoms with Gasteiger partial charge in [0.15, 0.2) is 4.90 Å². The molecule has 25 heavy (non-hydrogen) atoms. The zero-order valence-electron chi connectivity index (χ0n) is 12.6. The van der Waals surface area contributed by atoms with Crippen LogP contribution in [0, 0.1) is 23.4 Å². The van der Waals surface area contributed by atoms with Crippen LogP contribution >= 0.6 is 0 Å². The molecule has 0 unspecified atom stereocenters. The van der Waals surface area contributed by atoms with E-state index in [9.17, 15) is 30.4 Å². The SMILES string of the molecule is NS(=O)(=O)c1c(F)cc(-c2c(F)c(F)nn2C2(F)CCCC2)cc1F. The molecule has 1 heterocycles. The molecule has 11 heteroatoms. The van der Waals surface area contributed by atoms with Crippen molar-refractivity contribution >= 4 is 10.0 Å². The highest BCUT2D eigenvalue weighted by molar-refractivity contribution is 7.89. The third-order valence-corrected chi connectivity index (χ3v) is 5.05. The van der Waals surface area contributed by atoms with E-state index in [1.807, 2.05) is 0 Å². The van der Waals surface area contributed by atoms with E-state index < -0.39 is 55.4 Å². The summed E-state index contributed by atoms with van der Waals surface area (Å²) in [6.07, 6.45) is 0.764. The van der Waals surface area contributed by atoms with Crippen LogP contribution in [0.3, 0.4) is 0 Å². The normalized spacial score (nSPS) is 17.2. The summed E-state index contributed by atoms with van der Waals surface area (Å²) in [5.41, 5.74) is -1.40. The van der Waals surface area contributed by atoms with Crippen molar-refractivity contribution in [3.05, 3.63) is 35.5 Å². The lowest BCUT2D eigenvalue weighted by Gasteiger charge is -2.22. The lowest BCUT2D eigenvalue weighted by atomic mass is 10.1. The molecule has 0 spiro atoms. The van der Waals surface area contributed by atoms with Gasteiger partial charge >= 0.3 is 0 Å². The van der Waals surface area contributed by atoms with Crippen LogP contribution in [0.2, 0.25) is 0 Å². The van der Waals surface area contributed by atoms with Crippen molar-refractivity contribution in [3.63, 3.8) is 0 Å². The van der Waals surface area contributed by atoms with Crippen LogP contribution in [0.15, 0.2) is 17.0 Å². The van der Waals surface area contributed by atoms with E-state index in [-0.39, 0.29) is 12.8 Å². The average molecular weight is 381 g/mol. The second-order valence-electron chi connectivity index (χ2n) is 5.80. The van der Waals surface area contributed by atoms with E-state index in [4.69, 9.17) is 5.14 Å². The van der Waals surface area contributed by atoms with Crippen LogP contribution in [0.25, 0.3) is 11.3 Å². The van der Waals surface area contributed by atoms with Crippen molar-refractivity contribution in [2.45, 2.75) is 36.4 Å². The molecule has 0 aliphatic heterocycles. The quantitative estimate of drug-likeness (QED) is 0.831. The molecule has 0 radical (unpaired) electrons. The van der Waals surface area contributed by atoms with Crippen LogP contribution in [0.5, 0.6) is 0 Å². The zero-order valence-corrected chi connectivity index (χ0v) is 13.4. The van der Waals surface area contributed by atoms with Gasteiger partial charge in [-0.1, -0.05) is 0 Å². The highest BCUT2D eigenvalue weighted by Gasteiger charge is 2.40. The van der Waals surface area contributed by atoms with Gasteiger partial charge in [-0.15, -0.1) is 5.10 Å². The summed E-state index contributed by atoms with van der Waals surface area (Å²) in [6, 6.07) is 0.883. The second kappa shape index (κ2) is 5.77. The molecule has 0 amide bonds. The fourth-order valence-corrected chi connectivity index (χ4v) is 3.67. The van der Waals surface area contributed by atoms with Crippen molar-refractivity contribution in [3.8, 4) is 11.3 Å². The molecule has 3 rings (SSSR count). The van der Waals surface area contributed by atoms with Crippen LogP contribution in [-0.2, 0) is 15.8 Å². The van der Waals surface area contributed by atoms with E-state index in [0.29, 0.717) is 29.7 Å². The van der Waals surface area contributed by atoms with Crippen LogP contribution in [-0.4, -0.2) is 18.2 Å². The van der Waals surface area contributed by atoms with Gasteiger partial charge in [-0.05, 0) is 25.0 Å². The number of hydrogen-bond donors (Lipinski definition) is 1. The van der Waals surface area contributed by atoms with Crippen LogP contribution in [0.4, 0.5) is 22.0 Å². The van der Waals surface area contributed by atoms with Gasteiger partial charge in [0, 0.05) is 18.4 Å². The second-order valence-corrected chi connectivity index (χ2v) is 7.30. The highest BCUT2D eigenvalue weighted by atomic mass is 32.2. The molecule has 1 aromatic heterocycles. The molecular weight excluding hydrogens is 369 g/mol. The standard InChI is InChI=1S/C14H12F5N3O2S/c15-8-5-7(6-9(16)12(8)25(20,23)24)11-10(17)13(18)21-22(11)14(19)3-1-2-4-14/h5-6H,1-4H2,(H2,20,23,24). The number of hydrogen-bond acceptors (Lipinski definition) is 3. The number of aromatic nitrogens is 2. The lowest BCUT2D eigenvalue weighted by molar-refractivity contribution is 0.0627. The maximum absolute atomic E-state index is 14.9. The van der Waals surface area contributed by atoms with Crippen molar-refractivity contribution in [1.29, 1.82) is 0 Å². The number of rotatable bonds is 3. The molecule has 0 bridgehead atoms. The number of nitrogens with zero attached hydrogens (tertiary/aromatic N) is 2. The molecule has 2 aromatic rings. The number of alkyl halides is 1. The molecule has 0 saturated heterocycles. The van der Waals surface area contributed by atoms with Gasteiger partial charge in [-0.3, -0.25) is 0 Å². The Hall–Kier alpha value is -2.01. The molecular formula is C14H12F5N3O2S. The molecule has 136 valence electrons. The first-order chi connectivity index (χ1) is 11.5. The maximum atomic E-state index is 14.9. The van der Waals surface area contributed by atoms with E-state index in [1.165, 1.54) is 0 Å². The first kappa shape index (κ1) is 17.8. The molecule has 1 aliphatic carbocycles. The van der Waals surface area contributed by atoms with Gasteiger partial charge in [-0.2, -0.15) is 8.78 Å². The summed E-state index contributed by atoms with van der Waals surface area (Å²) in [7, 11) is -4.72. The predicted octanol–water partition coefficient (Wildman–Crippen LogP) is 2.95. The summed E-state index contributed by atoms with van der Waals surface area (Å²) in [5.74, 6) is -8.64. The molecule has 2 N–H and O–H groups in total. The van der Waals surface area contributed by atoms with Crippen molar-refractivity contribution < 1.29 is 30.4 Å². The Labute approximate surface area is 139 Å². The lowest BCUT2D eigenvalue weighted by Crippen LogP contribution is -2.27. The van der Waals surface area contributed by atoms with Gasteiger partial charge in [0.05, 0.1) is 0 Å². The molecule has 1 aromatic carbocycles. The fourth-order valence-electron chi connectivity index (χ4n) is 3.01. The first-order valence-corrected chi connectivity index (χ1v) is 8.75. The summed E-state index contributed by atoms with van der Waals surface area (Å²) < 4.78 is 93.5. The number of halogens is 5. The third kappa shape index (κ3) is 2.91. The van der Waals surface area contributed by atoms with Crippen molar-refractivity contribution in [2.24, 2.45) is 5.14 Å².